The number of hydrogen-bond donors (Lipinski definition) is 1. The predicted octanol–water partition coefficient (Wildman–Crippen LogP) is 3.65. The van der Waals surface area contributed by atoms with E-state index < -0.39 is 0 Å². The van der Waals surface area contributed by atoms with Crippen LogP contribution in [0.3, 0.4) is 0 Å². The van der Waals surface area contributed by atoms with E-state index in [1.807, 2.05) is 32.9 Å². The molecule has 0 aliphatic carbocycles. The molecule has 4 rings (SSSR count). The molecule has 2 aromatic heterocycles. The summed E-state index contributed by atoms with van der Waals surface area (Å²) in [7, 11) is 0. The molecule has 1 aliphatic heterocycles. The lowest BCUT2D eigenvalue weighted by Crippen LogP contribution is -2.34. The number of amides is 1. The fourth-order valence-corrected chi connectivity index (χ4v) is 5.16. The van der Waals surface area contributed by atoms with Gasteiger partial charge in [-0.1, -0.05) is 36.0 Å². The molecule has 1 aromatic carbocycles. The highest BCUT2D eigenvalue weighted by molar-refractivity contribution is 7.22. The fraction of sp³-hybridized carbons (Fsp3) is 0.455. The summed E-state index contributed by atoms with van der Waals surface area (Å²) >= 11 is 1.37. The minimum atomic E-state index is -0.247. The number of rotatable bonds is 4. The second kappa shape index (κ2) is 8.18. The van der Waals surface area contributed by atoms with E-state index in [4.69, 9.17) is 0 Å². The third-order valence-corrected chi connectivity index (χ3v) is 6.65. The smallest absolute Gasteiger partial charge is 0.273 e. The zero-order valence-electron chi connectivity index (χ0n) is 17.9. The SMILES string of the molecule is Cc1cc(C)c(NC(=O)Cn2cnc3nc(N4CCC[C@H](C)C4)sc3c2=O)c(C)c1. The van der Waals surface area contributed by atoms with Crippen LogP contribution in [-0.2, 0) is 11.3 Å². The van der Waals surface area contributed by atoms with Crippen molar-refractivity contribution in [2.24, 2.45) is 5.92 Å². The minimum Gasteiger partial charge on any atom is -0.348 e. The third kappa shape index (κ3) is 4.09. The van der Waals surface area contributed by atoms with E-state index in [2.05, 4.69) is 27.1 Å². The molecule has 0 spiro atoms. The number of fused-ring (bicyclic) bond motifs is 1. The molecule has 158 valence electrons. The highest BCUT2D eigenvalue weighted by Gasteiger charge is 2.21. The highest BCUT2D eigenvalue weighted by atomic mass is 32.1. The Labute approximate surface area is 179 Å². The molecule has 8 heteroatoms. The molecular weight excluding hydrogens is 398 g/mol. The van der Waals surface area contributed by atoms with E-state index in [9.17, 15) is 9.59 Å². The first kappa shape index (κ1) is 20.5. The van der Waals surface area contributed by atoms with E-state index in [-0.39, 0.29) is 18.0 Å². The lowest BCUT2D eigenvalue weighted by molar-refractivity contribution is -0.116. The van der Waals surface area contributed by atoms with Crippen molar-refractivity contribution in [3.63, 3.8) is 0 Å². The van der Waals surface area contributed by atoms with Gasteiger partial charge in [0.05, 0.1) is 0 Å². The standard InChI is InChI=1S/C22H27N5O2S/c1-13-6-5-7-26(10-13)22-25-20-19(30-22)21(29)27(12-23-20)11-17(28)24-18-15(3)8-14(2)9-16(18)4/h8-9,12-13H,5-7,10-11H2,1-4H3,(H,24,28)/t13-/m0/s1. The van der Waals surface area contributed by atoms with Gasteiger partial charge in [0.15, 0.2) is 10.8 Å². The fourth-order valence-electron chi connectivity index (χ4n) is 4.16. The lowest BCUT2D eigenvalue weighted by Gasteiger charge is -2.30. The number of nitrogens with zero attached hydrogens (tertiary/aromatic N) is 4. The van der Waals surface area contributed by atoms with Crippen LogP contribution in [0.1, 0.15) is 36.5 Å². The maximum atomic E-state index is 13.0. The van der Waals surface area contributed by atoms with Gasteiger partial charge < -0.3 is 10.2 Å². The summed E-state index contributed by atoms with van der Waals surface area (Å²) in [5.41, 5.74) is 4.20. The first-order valence-corrected chi connectivity index (χ1v) is 11.1. The second-order valence-electron chi connectivity index (χ2n) is 8.34. The van der Waals surface area contributed by atoms with Crippen molar-refractivity contribution < 1.29 is 4.79 Å². The number of hydrogen-bond acceptors (Lipinski definition) is 6. The van der Waals surface area contributed by atoms with Crippen LogP contribution in [-0.4, -0.2) is 33.5 Å². The number of nitrogens with one attached hydrogen (secondary N) is 1. The highest BCUT2D eigenvalue weighted by Crippen LogP contribution is 2.29. The van der Waals surface area contributed by atoms with Crippen molar-refractivity contribution in [1.82, 2.24) is 14.5 Å². The summed E-state index contributed by atoms with van der Waals surface area (Å²) in [6, 6.07) is 4.06. The van der Waals surface area contributed by atoms with E-state index in [1.165, 1.54) is 28.7 Å². The van der Waals surface area contributed by atoms with Gasteiger partial charge in [-0.3, -0.25) is 14.2 Å². The molecule has 30 heavy (non-hydrogen) atoms. The molecule has 7 nitrogen and oxygen atoms in total. The summed E-state index contributed by atoms with van der Waals surface area (Å²) in [6.07, 6.45) is 3.77. The van der Waals surface area contributed by atoms with Crippen LogP contribution >= 0.6 is 11.3 Å². The second-order valence-corrected chi connectivity index (χ2v) is 9.32. The number of thiazole rings is 1. The maximum absolute atomic E-state index is 13.0. The number of carbonyl (C=O) groups is 1. The van der Waals surface area contributed by atoms with Crippen LogP contribution in [0, 0.1) is 26.7 Å². The lowest BCUT2D eigenvalue weighted by atomic mass is 10.0. The van der Waals surface area contributed by atoms with Gasteiger partial charge in [0, 0.05) is 18.8 Å². The van der Waals surface area contributed by atoms with Crippen LogP contribution < -0.4 is 15.8 Å². The van der Waals surface area contributed by atoms with Crippen molar-refractivity contribution >= 4 is 38.4 Å². The van der Waals surface area contributed by atoms with Gasteiger partial charge in [-0.2, -0.15) is 4.98 Å². The Balaban J connectivity index is 1.55. The van der Waals surface area contributed by atoms with Gasteiger partial charge in [-0.05, 0) is 50.7 Å². The average molecular weight is 426 g/mol. The van der Waals surface area contributed by atoms with E-state index in [1.54, 1.807) is 0 Å². The number of carbonyl (C=O) groups excluding carboxylic acids is 1. The molecule has 0 unspecified atom stereocenters. The number of piperidine rings is 1. The molecule has 0 radical (unpaired) electrons. The number of aryl methyl sites for hydroxylation is 3. The molecule has 0 saturated carbocycles. The Bertz CT molecular complexity index is 1140. The van der Waals surface area contributed by atoms with Gasteiger partial charge >= 0.3 is 0 Å². The van der Waals surface area contributed by atoms with Gasteiger partial charge in [-0.25, -0.2) is 4.98 Å². The molecule has 0 bridgehead atoms. The van der Waals surface area contributed by atoms with Crippen LogP contribution in [0.15, 0.2) is 23.3 Å². The Morgan fingerprint density at radius 2 is 2.00 bits per heavy atom. The van der Waals surface area contributed by atoms with Gasteiger partial charge in [-0.15, -0.1) is 0 Å². The van der Waals surface area contributed by atoms with E-state index in [0.717, 1.165) is 47.0 Å². The Morgan fingerprint density at radius 1 is 1.27 bits per heavy atom. The molecule has 1 atom stereocenters. The summed E-state index contributed by atoms with van der Waals surface area (Å²) in [5, 5.41) is 3.79. The topological polar surface area (TPSA) is 80.1 Å². The summed E-state index contributed by atoms with van der Waals surface area (Å²) in [5.74, 6) is 0.371. The van der Waals surface area contributed by atoms with Crippen LogP contribution in [0.4, 0.5) is 10.8 Å². The van der Waals surface area contributed by atoms with Crippen molar-refractivity contribution in [3.8, 4) is 0 Å². The molecular formula is C22H27N5O2S. The first-order chi connectivity index (χ1) is 14.3. The van der Waals surface area contributed by atoms with Crippen molar-refractivity contribution in [1.29, 1.82) is 0 Å². The molecule has 1 fully saturated rings. The number of anilines is 2. The summed E-state index contributed by atoms with van der Waals surface area (Å²) in [4.78, 5) is 36.7. The van der Waals surface area contributed by atoms with Gasteiger partial charge in [0.25, 0.3) is 5.56 Å². The molecule has 1 amide bonds. The monoisotopic (exact) mass is 425 g/mol. The minimum absolute atomic E-state index is 0.0808. The Morgan fingerprint density at radius 3 is 2.70 bits per heavy atom. The number of aromatic nitrogens is 3. The average Bonchev–Trinajstić information content (AvgIpc) is 3.12. The summed E-state index contributed by atoms with van der Waals surface area (Å²) in [6.45, 7) is 10.0. The van der Waals surface area contributed by atoms with Crippen LogP contribution in [0.2, 0.25) is 0 Å². The Hall–Kier alpha value is -2.74. The van der Waals surface area contributed by atoms with Crippen LogP contribution in [0.5, 0.6) is 0 Å². The zero-order chi connectivity index (χ0) is 21.4. The van der Waals surface area contributed by atoms with E-state index >= 15 is 0 Å². The normalized spacial score (nSPS) is 16.8. The molecule has 1 saturated heterocycles. The van der Waals surface area contributed by atoms with Crippen LogP contribution in [0.25, 0.3) is 10.3 Å². The quantitative estimate of drug-likeness (QED) is 0.690. The molecule has 3 aromatic rings. The van der Waals surface area contributed by atoms with E-state index in [0.29, 0.717) is 16.3 Å². The maximum Gasteiger partial charge on any atom is 0.273 e. The zero-order valence-corrected chi connectivity index (χ0v) is 18.7. The van der Waals surface area contributed by atoms with Crippen molar-refractivity contribution in [2.45, 2.75) is 47.1 Å². The molecule has 1 N–H and O–H groups in total. The largest absolute Gasteiger partial charge is 0.348 e. The third-order valence-electron chi connectivity index (χ3n) is 5.56. The van der Waals surface area contributed by atoms with Crippen molar-refractivity contribution in [2.75, 3.05) is 23.3 Å². The van der Waals surface area contributed by atoms with Crippen molar-refractivity contribution in [3.05, 3.63) is 45.5 Å². The molecule has 1 aliphatic rings. The Kier molecular flexibility index (Phi) is 5.60. The first-order valence-electron chi connectivity index (χ1n) is 10.3. The molecule has 3 heterocycles. The van der Waals surface area contributed by atoms with Gasteiger partial charge in [0.1, 0.15) is 17.6 Å². The summed E-state index contributed by atoms with van der Waals surface area (Å²) < 4.78 is 1.86. The van der Waals surface area contributed by atoms with Gasteiger partial charge in [0.2, 0.25) is 5.91 Å². The predicted molar refractivity (Wildman–Crippen MR) is 122 cm³/mol. The number of benzene rings is 1.